The monoisotopic (exact) mass is 288 g/mol. The molecule has 0 bridgehead atoms. The summed E-state index contributed by atoms with van der Waals surface area (Å²) in [4.78, 5) is -0.194. The minimum absolute atomic E-state index is 0.0767. The number of sulfonamides is 1. The van der Waals surface area contributed by atoms with Crippen LogP contribution in [0.15, 0.2) is 29.3 Å². The van der Waals surface area contributed by atoms with Gasteiger partial charge in [-0.3, -0.25) is 9.82 Å². The molecule has 2 aromatic rings. The molecule has 0 saturated heterocycles. The predicted octanol–water partition coefficient (Wildman–Crippen LogP) is 0.536. The fourth-order valence-electron chi connectivity index (χ4n) is 1.51. The number of nitrogens with two attached hydrogens (primary N) is 1. The number of H-pyrrole nitrogens is 1. The Morgan fingerprint density at radius 1 is 1.25 bits per heavy atom. The van der Waals surface area contributed by atoms with E-state index in [4.69, 9.17) is 16.3 Å². The van der Waals surface area contributed by atoms with Crippen molar-refractivity contribution in [3.8, 4) is 12.1 Å². The molecule has 2 rings (SSSR count). The van der Waals surface area contributed by atoms with Gasteiger partial charge in [0.1, 0.15) is 22.9 Å². The van der Waals surface area contributed by atoms with E-state index in [1.165, 1.54) is 18.2 Å². The lowest BCUT2D eigenvalue weighted by atomic mass is 10.1. The van der Waals surface area contributed by atoms with Crippen LogP contribution in [0.2, 0.25) is 0 Å². The van der Waals surface area contributed by atoms with E-state index in [9.17, 15) is 8.42 Å². The number of anilines is 2. The van der Waals surface area contributed by atoms with Crippen LogP contribution in [0.4, 0.5) is 11.5 Å². The number of aromatic nitrogens is 2. The maximum absolute atomic E-state index is 12.0. The molecular formula is C11H8N6O2S. The van der Waals surface area contributed by atoms with E-state index >= 15 is 0 Å². The molecular weight excluding hydrogens is 280 g/mol. The lowest BCUT2D eigenvalue weighted by Crippen LogP contribution is -2.14. The molecule has 0 aliphatic carbocycles. The van der Waals surface area contributed by atoms with Crippen LogP contribution < -0.4 is 10.5 Å². The quantitative estimate of drug-likeness (QED) is 0.750. The summed E-state index contributed by atoms with van der Waals surface area (Å²) >= 11 is 0. The summed E-state index contributed by atoms with van der Waals surface area (Å²) in [6.07, 6.45) is 1.08. The van der Waals surface area contributed by atoms with Gasteiger partial charge >= 0.3 is 0 Å². The molecule has 0 amide bonds. The molecule has 1 aromatic heterocycles. The van der Waals surface area contributed by atoms with Gasteiger partial charge in [0.05, 0.1) is 23.0 Å². The second-order valence-corrected chi connectivity index (χ2v) is 5.39. The fourth-order valence-corrected chi connectivity index (χ4v) is 2.58. The first-order chi connectivity index (χ1) is 9.47. The number of hydrogen-bond acceptors (Lipinski definition) is 6. The summed E-state index contributed by atoms with van der Waals surface area (Å²) in [5.41, 5.74) is 5.85. The molecule has 1 heterocycles. The number of nitrogens with one attached hydrogen (secondary N) is 2. The zero-order valence-electron chi connectivity index (χ0n) is 9.95. The molecule has 0 radical (unpaired) electrons. The van der Waals surface area contributed by atoms with Gasteiger partial charge in [0, 0.05) is 0 Å². The Morgan fingerprint density at radius 2 is 1.95 bits per heavy atom. The molecule has 4 N–H and O–H groups in total. The number of aromatic amines is 1. The molecule has 1 aromatic carbocycles. The minimum atomic E-state index is -3.91. The van der Waals surface area contributed by atoms with Crippen molar-refractivity contribution >= 4 is 21.5 Å². The summed E-state index contributed by atoms with van der Waals surface area (Å²) in [5, 5.41) is 23.5. The maximum atomic E-state index is 12.0. The number of benzene rings is 1. The molecule has 8 nitrogen and oxygen atoms in total. The summed E-state index contributed by atoms with van der Waals surface area (Å²) in [6.45, 7) is 0. The van der Waals surface area contributed by atoms with Gasteiger partial charge in [-0.05, 0) is 18.2 Å². The SMILES string of the molecule is N#Cc1ccc(NS(=O)(=O)c2cn[nH]c2N)cc1C#N. The Kier molecular flexibility index (Phi) is 3.29. The van der Waals surface area contributed by atoms with Crippen molar-refractivity contribution in [1.82, 2.24) is 10.2 Å². The number of rotatable bonds is 3. The summed E-state index contributed by atoms with van der Waals surface area (Å²) < 4.78 is 26.3. The van der Waals surface area contributed by atoms with Crippen LogP contribution >= 0.6 is 0 Å². The molecule has 0 saturated carbocycles. The number of nitrogens with zero attached hydrogens (tertiary/aromatic N) is 3. The van der Waals surface area contributed by atoms with Gasteiger partial charge in [0.25, 0.3) is 10.0 Å². The van der Waals surface area contributed by atoms with E-state index in [-0.39, 0.29) is 27.5 Å². The van der Waals surface area contributed by atoms with Gasteiger partial charge in [0.15, 0.2) is 0 Å². The van der Waals surface area contributed by atoms with Crippen molar-refractivity contribution in [2.75, 3.05) is 10.5 Å². The molecule has 0 fully saturated rings. The Bertz CT molecular complexity index is 841. The van der Waals surface area contributed by atoms with Crippen molar-refractivity contribution in [3.63, 3.8) is 0 Å². The van der Waals surface area contributed by atoms with E-state index in [0.717, 1.165) is 6.20 Å². The first-order valence-corrected chi connectivity index (χ1v) is 6.72. The van der Waals surface area contributed by atoms with Crippen LogP contribution in [0.5, 0.6) is 0 Å². The molecule has 0 unspecified atom stereocenters. The van der Waals surface area contributed by atoms with Crippen molar-refractivity contribution in [2.24, 2.45) is 0 Å². The van der Waals surface area contributed by atoms with E-state index < -0.39 is 10.0 Å². The zero-order chi connectivity index (χ0) is 14.8. The zero-order valence-corrected chi connectivity index (χ0v) is 10.8. The van der Waals surface area contributed by atoms with Crippen molar-refractivity contribution < 1.29 is 8.42 Å². The lowest BCUT2D eigenvalue weighted by molar-refractivity contribution is 0.601. The molecule has 9 heteroatoms. The minimum Gasteiger partial charge on any atom is -0.383 e. The van der Waals surface area contributed by atoms with Gasteiger partial charge in [-0.2, -0.15) is 15.6 Å². The fraction of sp³-hybridized carbons (Fsp3) is 0. The first kappa shape index (κ1) is 13.4. The van der Waals surface area contributed by atoms with Crippen molar-refractivity contribution in [2.45, 2.75) is 4.90 Å². The van der Waals surface area contributed by atoms with Gasteiger partial charge in [0.2, 0.25) is 0 Å². The highest BCUT2D eigenvalue weighted by molar-refractivity contribution is 7.92. The normalized spacial score (nSPS) is 10.5. The Balaban J connectivity index is 2.39. The highest BCUT2D eigenvalue weighted by Gasteiger charge is 2.19. The van der Waals surface area contributed by atoms with Crippen LogP contribution in [0, 0.1) is 22.7 Å². The average molecular weight is 288 g/mol. The number of hydrogen-bond donors (Lipinski definition) is 3. The Hall–Kier alpha value is -3.04. The third kappa shape index (κ3) is 2.39. The van der Waals surface area contributed by atoms with Crippen LogP contribution in [0.1, 0.15) is 11.1 Å². The van der Waals surface area contributed by atoms with Crippen LogP contribution in [0.25, 0.3) is 0 Å². The summed E-state index contributed by atoms with van der Waals surface area (Å²) in [7, 11) is -3.91. The van der Waals surface area contributed by atoms with Gasteiger partial charge in [-0.25, -0.2) is 8.42 Å². The third-order valence-corrected chi connectivity index (χ3v) is 3.84. The molecule has 0 aliphatic rings. The Morgan fingerprint density at radius 3 is 2.50 bits per heavy atom. The van der Waals surface area contributed by atoms with Gasteiger partial charge in [-0.15, -0.1) is 0 Å². The standard InChI is InChI=1S/C11H8N6O2S/c12-4-7-1-2-9(3-8(7)5-13)17-20(18,19)10-6-15-16-11(10)14/h1-3,6,17H,(H3,14,15,16). The second kappa shape index (κ2) is 4.91. The van der Waals surface area contributed by atoms with Crippen LogP contribution in [-0.4, -0.2) is 18.6 Å². The molecule has 20 heavy (non-hydrogen) atoms. The molecule has 100 valence electrons. The largest absolute Gasteiger partial charge is 0.383 e. The smallest absolute Gasteiger partial charge is 0.267 e. The lowest BCUT2D eigenvalue weighted by Gasteiger charge is -2.07. The van der Waals surface area contributed by atoms with Crippen LogP contribution in [-0.2, 0) is 10.0 Å². The van der Waals surface area contributed by atoms with Crippen LogP contribution in [0.3, 0.4) is 0 Å². The van der Waals surface area contributed by atoms with E-state index in [0.29, 0.717) is 0 Å². The number of nitrogen functional groups attached to an aromatic ring is 1. The highest BCUT2D eigenvalue weighted by atomic mass is 32.2. The maximum Gasteiger partial charge on any atom is 0.267 e. The van der Waals surface area contributed by atoms with Gasteiger partial charge < -0.3 is 5.73 Å². The number of nitriles is 2. The topological polar surface area (TPSA) is 148 Å². The highest BCUT2D eigenvalue weighted by Crippen LogP contribution is 2.21. The van der Waals surface area contributed by atoms with E-state index in [1.807, 2.05) is 12.1 Å². The molecule has 0 spiro atoms. The molecule has 0 atom stereocenters. The molecule has 0 aliphatic heterocycles. The Labute approximate surface area is 114 Å². The summed E-state index contributed by atoms with van der Waals surface area (Å²) in [5.74, 6) is -0.0911. The first-order valence-electron chi connectivity index (χ1n) is 5.24. The second-order valence-electron chi connectivity index (χ2n) is 3.74. The predicted molar refractivity (Wildman–Crippen MR) is 69.7 cm³/mol. The summed E-state index contributed by atoms with van der Waals surface area (Å²) in [6, 6.07) is 7.67. The third-order valence-electron chi connectivity index (χ3n) is 2.43. The van der Waals surface area contributed by atoms with Crippen molar-refractivity contribution in [3.05, 3.63) is 35.5 Å². The van der Waals surface area contributed by atoms with E-state index in [2.05, 4.69) is 14.9 Å². The van der Waals surface area contributed by atoms with Gasteiger partial charge in [-0.1, -0.05) is 0 Å². The van der Waals surface area contributed by atoms with E-state index in [1.54, 1.807) is 0 Å². The van der Waals surface area contributed by atoms with Crippen molar-refractivity contribution in [1.29, 1.82) is 10.5 Å². The average Bonchev–Trinajstić information content (AvgIpc) is 2.85.